The molecule has 0 atom stereocenters. The second-order valence-corrected chi connectivity index (χ2v) is 7.33. The van der Waals surface area contributed by atoms with Crippen LogP contribution < -0.4 is 4.68 Å². The van der Waals surface area contributed by atoms with Crippen LogP contribution in [0.5, 0.6) is 0 Å². The lowest BCUT2D eigenvalue weighted by molar-refractivity contribution is -0.719. The molecule has 4 nitrogen and oxygen atoms in total. The molecule has 0 bridgehead atoms. The molecule has 0 saturated carbocycles. The molecule has 0 N–H and O–H groups in total. The van der Waals surface area contributed by atoms with Gasteiger partial charge in [0.15, 0.2) is 12.6 Å². The molecule has 26 heavy (non-hydrogen) atoms. The fourth-order valence-electron chi connectivity index (χ4n) is 3.39. The van der Waals surface area contributed by atoms with Crippen LogP contribution in [-0.4, -0.2) is 15.1 Å². The van der Waals surface area contributed by atoms with Gasteiger partial charge in [-0.15, -0.1) is 11.3 Å². The zero-order valence-electron chi connectivity index (χ0n) is 17.3. The largest absolute Gasteiger partial charge is 0.276 e. The summed E-state index contributed by atoms with van der Waals surface area (Å²) in [6.07, 6.45) is 0. The summed E-state index contributed by atoms with van der Waals surface area (Å²) >= 11 is 1.66. The molecule has 126 valence electrons. The molecular formula is C21H17N4S+. The Balaban J connectivity index is 1.96. The van der Waals surface area contributed by atoms with Gasteiger partial charge in [-0.1, -0.05) is 35.0 Å². The van der Waals surface area contributed by atoms with Crippen LogP contribution in [0.1, 0.15) is 15.4 Å². The van der Waals surface area contributed by atoms with E-state index in [0.29, 0.717) is 16.6 Å². The summed E-state index contributed by atoms with van der Waals surface area (Å²) in [4.78, 5) is 10.5. The molecule has 5 rings (SSSR count). The Morgan fingerprint density at radius 2 is 1.65 bits per heavy atom. The van der Waals surface area contributed by atoms with Gasteiger partial charge in [0.2, 0.25) is 0 Å². The number of hydrogen-bond donors (Lipinski definition) is 0. The van der Waals surface area contributed by atoms with Crippen molar-refractivity contribution in [3.63, 3.8) is 0 Å². The van der Waals surface area contributed by atoms with Crippen molar-refractivity contribution in [3.05, 3.63) is 59.8 Å². The molecule has 0 radical (unpaired) electrons. The smallest absolute Gasteiger partial charge is 0.242 e. The van der Waals surface area contributed by atoms with Crippen molar-refractivity contribution in [2.24, 2.45) is 7.05 Å². The lowest BCUT2D eigenvalue weighted by Gasteiger charge is -2.06. The standard InChI is InChI=1S/C21H17N4S/c1-12-14-8-4-7-11-17(14)26-21(12)20-19-18(13(2)24-25(20)3)22-15-9-5-6-10-16(15)23-19/h4-11H,1-3H3/q+1/i2D3. The topological polar surface area (TPSA) is 42.5 Å². The Morgan fingerprint density at radius 3 is 2.38 bits per heavy atom. The van der Waals surface area contributed by atoms with Gasteiger partial charge in [-0.25, -0.2) is 9.97 Å². The van der Waals surface area contributed by atoms with Crippen LogP contribution >= 0.6 is 11.3 Å². The van der Waals surface area contributed by atoms with Gasteiger partial charge in [0.25, 0.3) is 5.69 Å². The van der Waals surface area contributed by atoms with E-state index >= 15 is 0 Å². The quantitative estimate of drug-likeness (QED) is 0.326. The Morgan fingerprint density at radius 1 is 0.962 bits per heavy atom. The molecular weight excluding hydrogens is 340 g/mol. The van der Waals surface area contributed by atoms with Crippen LogP contribution in [0.25, 0.3) is 42.7 Å². The highest BCUT2D eigenvalue weighted by Crippen LogP contribution is 2.38. The maximum absolute atomic E-state index is 7.96. The fraction of sp³-hybridized carbons (Fsp3) is 0.143. The summed E-state index contributed by atoms with van der Waals surface area (Å²) in [5.41, 5.74) is 4.14. The predicted octanol–water partition coefficient (Wildman–Crippen LogP) is 4.50. The molecule has 0 spiro atoms. The third kappa shape index (κ3) is 2.14. The molecule has 5 heteroatoms. The predicted molar refractivity (Wildman–Crippen MR) is 106 cm³/mol. The minimum absolute atomic E-state index is 0.0317. The van der Waals surface area contributed by atoms with Crippen LogP contribution in [0.3, 0.4) is 0 Å². The van der Waals surface area contributed by atoms with Crippen molar-refractivity contribution in [1.82, 2.24) is 15.1 Å². The summed E-state index contributed by atoms with van der Waals surface area (Å²) in [6, 6.07) is 15.7. The van der Waals surface area contributed by atoms with E-state index in [4.69, 9.17) is 9.10 Å². The van der Waals surface area contributed by atoms with E-state index in [1.807, 2.05) is 36.4 Å². The molecule has 0 amide bonds. The summed E-state index contributed by atoms with van der Waals surface area (Å²) in [6.45, 7) is -0.312. The molecule has 5 aromatic rings. The average Bonchev–Trinajstić information content (AvgIpc) is 3.02. The normalized spacial score (nSPS) is 13.8. The van der Waals surface area contributed by atoms with Crippen LogP contribution in [0.4, 0.5) is 0 Å². The molecule has 0 aliphatic rings. The SMILES string of the molecule is [2H]C([2H])([2H])c1n[n+](C)c(-c2sc3ccccc3c2C)c2nc3ccccc3nc12. The van der Waals surface area contributed by atoms with Crippen molar-refractivity contribution in [1.29, 1.82) is 0 Å². The van der Waals surface area contributed by atoms with Gasteiger partial charge in [-0.3, -0.25) is 0 Å². The van der Waals surface area contributed by atoms with Crippen molar-refractivity contribution in [2.75, 3.05) is 0 Å². The molecule has 0 unspecified atom stereocenters. The minimum Gasteiger partial charge on any atom is -0.242 e. The lowest BCUT2D eigenvalue weighted by atomic mass is 10.1. The van der Waals surface area contributed by atoms with E-state index in [1.165, 1.54) is 10.1 Å². The molecule has 0 aliphatic carbocycles. The van der Waals surface area contributed by atoms with E-state index in [1.54, 1.807) is 23.1 Å². The van der Waals surface area contributed by atoms with Gasteiger partial charge in [0.05, 0.1) is 11.0 Å². The number of thiophene rings is 1. The zero-order valence-corrected chi connectivity index (χ0v) is 15.1. The van der Waals surface area contributed by atoms with Crippen LogP contribution in [-0.2, 0) is 7.05 Å². The summed E-state index contributed by atoms with van der Waals surface area (Å²) in [5.74, 6) is 0. The van der Waals surface area contributed by atoms with Crippen molar-refractivity contribution in [2.45, 2.75) is 13.8 Å². The van der Waals surface area contributed by atoms with Crippen LogP contribution in [0.15, 0.2) is 48.5 Å². The highest BCUT2D eigenvalue weighted by atomic mass is 32.1. The van der Waals surface area contributed by atoms with Gasteiger partial charge >= 0.3 is 0 Å². The summed E-state index contributed by atoms with van der Waals surface area (Å²) in [5, 5.41) is 5.60. The minimum atomic E-state index is -2.39. The fourth-order valence-corrected chi connectivity index (χ4v) is 4.67. The van der Waals surface area contributed by atoms with Gasteiger partial charge in [-0.2, -0.15) is 0 Å². The number of hydrogen-bond acceptors (Lipinski definition) is 4. The summed E-state index contributed by atoms with van der Waals surface area (Å²) in [7, 11) is 1.77. The Kier molecular flexibility index (Phi) is 2.65. The maximum atomic E-state index is 7.96. The Labute approximate surface area is 159 Å². The van der Waals surface area contributed by atoms with Gasteiger partial charge < -0.3 is 0 Å². The first kappa shape index (κ1) is 12.4. The van der Waals surface area contributed by atoms with Gasteiger partial charge in [0.1, 0.15) is 16.1 Å². The van der Waals surface area contributed by atoms with Crippen LogP contribution in [0.2, 0.25) is 0 Å². The number of aryl methyl sites for hydroxylation is 3. The summed E-state index contributed by atoms with van der Waals surface area (Å²) < 4.78 is 26.7. The first-order valence-electron chi connectivity index (χ1n) is 9.80. The number of para-hydroxylation sites is 2. The van der Waals surface area contributed by atoms with Gasteiger partial charge in [0, 0.05) is 8.81 Å². The highest BCUT2D eigenvalue weighted by Gasteiger charge is 2.25. The molecule has 0 saturated heterocycles. The molecule has 3 aromatic heterocycles. The van der Waals surface area contributed by atoms with Crippen molar-refractivity contribution in [3.8, 4) is 10.6 Å². The van der Waals surface area contributed by atoms with Crippen LogP contribution in [0, 0.1) is 13.8 Å². The lowest BCUT2D eigenvalue weighted by Crippen LogP contribution is -2.37. The van der Waals surface area contributed by atoms with E-state index < -0.39 is 6.85 Å². The molecule has 3 heterocycles. The van der Waals surface area contributed by atoms with Gasteiger partial charge in [-0.05, 0) is 48.0 Å². The molecule has 0 aliphatic heterocycles. The third-order valence-corrected chi connectivity index (χ3v) is 5.93. The first-order chi connectivity index (χ1) is 13.8. The van der Waals surface area contributed by atoms with Crippen molar-refractivity contribution >= 4 is 43.5 Å². The highest BCUT2D eigenvalue weighted by molar-refractivity contribution is 7.22. The van der Waals surface area contributed by atoms with Crippen molar-refractivity contribution < 1.29 is 8.79 Å². The maximum Gasteiger partial charge on any atom is 0.276 e. The van der Waals surface area contributed by atoms with E-state index in [9.17, 15) is 0 Å². The third-order valence-electron chi connectivity index (χ3n) is 4.65. The second kappa shape index (κ2) is 5.54. The number of rotatable bonds is 1. The number of nitrogens with zero attached hydrogens (tertiary/aromatic N) is 4. The zero-order chi connectivity index (χ0) is 20.3. The molecule has 0 fully saturated rings. The number of fused-ring (bicyclic) bond motifs is 3. The number of aromatic nitrogens is 4. The van der Waals surface area contributed by atoms with E-state index in [-0.39, 0.29) is 5.69 Å². The van der Waals surface area contributed by atoms with E-state index in [2.05, 4.69) is 29.1 Å². The van der Waals surface area contributed by atoms with E-state index in [0.717, 1.165) is 21.7 Å². The second-order valence-electron chi connectivity index (χ2n) is 6.28. The Hall–Kier alpha value is -2.92. The average molecular weight is 360 g/mol. The monoisotopic (exact) mass is 360 g/mol. The first-order valence-corrected chi connectivity index (χ1v) is 9.12. The number of benzene rings is 2. The Bertz CT molecular complexity index is 1420. The molecule has 2 aromatic carbocycles.